The van der Waals surface area contributed by atoms with E-state index in [2.05, 4.69) is 24.1 Å². The number of pyridine rings is 1. The molecule has 186 valence electrons. The van der Waals surface area contributed by atoms with Gasteiger partial charge in [0.2, 0.25) is 0 Å². The summed E-state index contributed by atoms with van der Waals surface area (Å²) in [6.07, 6.45) is 5.41. The molecule has 1 aromatic heterocycles. The van der Waals surface area contributed by atoms with Crippen molar-refractivity contribution in [3.63, 3.8) is 0 Å². The lowest BCUT2D eigenvalue weighted by molar-refractivity contribution is 0.0627. The number of amides is 1. The highest BCUT2D eigenvalue weighted by molar-refractivity contribution is 5.97. The van der Waals surface area contributed by atoms with Crippen LogP contribution >= 0.6 is 0 Å². The van der Waals surface area contributed by atoms with Crippen molar-refractivity contribution in [2.24, 2.45) is 5.92 Å². The maximum Gasteiger partial charge on any atom is 0.254 e. The Hall–Kier alpha value is -3.32. The standard InChI is InChI=1S/C29H29F2N3O2/c1-33(22-9-10-22)17-21-3-2-4-26(32-21)28(19-5-6-19)34-14-13-18-7-11-23(16-24(18)29(34)35)36-27-12-8-20(30)15-25(27)31/h2-4,7-8,11-12,15-16,19,22,28H,5-6,9-10,13-14,17H2,1H3/t28-/m1/s1. The number of carbonyl (C=O) groups is 1. The van der Waals surface area contributed by atoms with Gasteiger partial charge in [-0.15, -0.1) is 0 Å². The van der Waals surface area contributed by atoms with Crippen LogP contribution < -0.4 is 4.74 Å². The van der Waals surface area contributed by atoms with Gasteiger partial charge in [0.15, 0.2) is 11.6 Å². The normalized spacial score (nSPS) is 18.3. The largest absolute Gasteiger partial charge is 0.454 e. The summed E-state index contributed by atoms with van der Waals surface area (Å²) in [4.78, 5) is 23.1. The molecule has 3 aromatic rings. The van der Waals surface area contributed by atoms with E-state index in [1.807, 2.05) is 17.0 Å². The Kier molecular flexibility index (Phi) is 5.96. The Labute approximate surface area is 209 Å². The fourth-order valence-electron chi connectivity index (χ4n) is 5.20. The van der Waals surface area contributed by atoms with Crippen molar-refractivity contribution in [1.82, 2.24) is 14.8 Å². The average molecular weight is 490 g/mol. The number of nitrogens with zero attached hydrogens (tertiary/aromatic N) is 3. The van der Waals surface area contributed by atoms with Crippen LogP contribution in [-0.2, 0) is 13.0 Å². The lowest BCUT2D eigenvalue weighted by Crippen LogP contribution is -2.41. The highest BCUT2D eigenvalue weighted by Crippen LogP contribution is 2.45. The smallest absolute Gasteiger partial charge is 0.254 e. The molecule has 2 heterocycles. The van der Waals surface area contributed by atoms with Crippen LogP contribution in [0.1, 0.15) is 59.0 Å². The van der Waals surface area contributed by atoms with Crippen molar-refractivity contribution in [2.75, 3.05) is 13.6 Å². The number of rotatable bonds is 8. The molecule has 0 bridgehead atoms. The van der Waals surface area contributed by atoms with Gasteiger partial charge in [0.25, 0.3) is 5.91 Å². The molecule has 0 radical (unpaired) electrons. The van der Waals surface area contributed by atoms with Gasteiger partial charge in [-0.25, -0.2) is 8.78 Å². The van der Waals surface area contributed by atoms with E-state index >= 15 is 0 Å². The lowest BCUT2D eigenvalue weighted by Gasteiger charge is -2.36. The van der Waals surface area contributed by atoms with Gasteiger partial charge >= 0.3 is 0 Å². The minimum atomic E-state index is -0.784. The summed E-state index contributed by atoms with van der Waals surface area (Å²) in [5.74, 6) is -0.829. The summed E-state index contributed by atoms with van der Waals surface area (Å²) in [6.45, 7) is 1.45. The zero-order valence-electron chi connectivity index (χ0n) is 20.3. The third kappa shape index (κ3) is 4.72. The second-order valence-electron chi connectivity index (χ2n) is 10.2. The topological polar surface area (TPSA) is 45.7 Å². The first-order chi connectivity index (χ1) is 17.5. The summed E-state index contributed by atoms with van der Waals surface area (Å²) in [5, 5.41) is 0. The quantitative estimate of drug-likeness (QED) is 0.396. The van der Waals surface area contributed by atoms with Crippen molar-refractivity contribution < 1.29 is 18.3 Å². The van der Waals surface area contributed by atoms with E-state index in [-0.39, 0.29) is 17.7 Å². The van der Waals surface area contributed by atoms with E-state index in [0.717, 1.165) is 54.9 Å². The van der Waals surface area contributed by atoms with E-state index in [9.17, 15) is 13.6 Å². The summed E-state index contributed by atoms with van der Waals surface area (Å²) in [5.41, 5.74) is 3.51. The molecule has 7 heteroatoms. The molecule has 2 aliphatic carbocycles. The predicted octanol–water partition coefficient (Wildman–Crippen LogP) is 5.90. The van der Waals surface area contributed by atoms with Crippen LogP contribution in [0.25, 0.3) is 0 Å². The minimum absolute atomic E-state index is 0.0551. The lowest BCUT2D eigenvalue weighted by atomic mass is 9.95. The van der Waals surface area contributed by atoms with E-state index in [0.29, 0.717) is 29.8 Å². The Bertz CT molecular complexity index is 1310. The summed E-state index contributed by atoms with van der Waals surface area (Å²) >= 11 is 0. The molecule has 1 atom stereocenters. The molecule has 0 spiro atoms. The highest BCUT2D eigenvalue weighted by Gasteiger charge is 2.41. The molecule has 3 aliphatic rings. The fourth-order valence-corrected chi connectivity index (χ4v) is 5.20. The molecule has 6 rings (SSSR count). The van der Waals surface area contributed by atoms with Crippen molar-refractivity contribution >= 4 is 5.91 Å². The van der Waals surface area contributed by atoms with Crippen LogP contribution in [0, 0.1) is 17.6 Å². The van der Waals surface area contributed by atoms with E-state index in [1.165, 1.54) is 18.9 Å². The molecular weight excluding hydrogens is 460 g/mol. The Morgan fingerprint density at radius 3 is 2.67 bits per heavy atom. The van der Waals surface area contributed by atoms with Crippen LogP contribution in [0.3, 0.4) is 0 Å². The van der Waals surface area contributed by atoms with Crippen LogP contribution in [0.2, 0.25) is 0 Å². The maximum atomic E-state index is 14.1. The molecule has 2 fully saturated rings. The number of halogens is 2. The summed E-state index contributed by atoms with van der Waals surface area (Å²) in [6, 6.07) is 15.2. The number of carbonyl (C=O) groups excluding carboxylic acids is 1. The number of benzene rings is 2. The molecule has 2 aromatic carbocycles. The van der Waals surface area contributed by atoms with Gasteiger partial charge in [0, 0.05) is 30.8 Å². The second-order valence-corrected chi connectivity index (χ2v) is 10.2. The highest BCUT2D eigenvalue weighted by atomic mass is 19.1. The van der Waals surface area contributed by atoms with Crippen molar-refractivity contribution in [2.45, 2.75) is 50.7 Å². The maximum absolute atomic E-state index is 14.1. The molecule has 36 heavy (non-hydrogen) atoms. The molecule has 1 amide bonds. The minimum Gasteiger partial charge on any atom is -0.454 e. The molecule has 0 saturated heterocycles. The van der Waals surface area contributed by atoms with Crippen LogP contribution in [0.4, 0.5) is 8.78 Å². The van der Waals surface area contributed by atoms with E-state index in [4.69, 9.17) is 9.72 Å². The Morgan fingerprint density at radius 1 is 1.08 bits per heavy atom. The summed E-state index contributed by atoms with van der Waals surface area (Å²) < 4.78 is 33.0. The van der Waals surface area contributed by atoms with Gasteiger partial charge in [-0.3, -0.25) is 14.7 Å². The number of aromatic nitrogens is 1. The average Bonchev–Trinajstić information content (AvgIpc) is 3.77. The van der Waals surface area contributed by atoms with Gasteiger partial charge < -0.3 is 9.64 Å². The molecule has 2 saturated carbocycles. The van der Waals surface area contributed by atoms with Gasteiger partial charge in [-0.2, -0.15) is 0 Å². The van der Waals surface area contributed by atoms with Crippen molar-refractivity contribution in [3.8, 4) is 11.5 Å². The van der Waals surface area contributed by atoms with Gasteiger partial charge in [0.05, 0.1) is 17.4 Å². The number of hydrogen-bond acceptors (Lipinski definition) is 4. The van der Waals surface area contributed by atoms with Crippen molar-refractivity contribution in [3.05, 3.63) is 88.7 Å². The van der Waals surface area contributed by atoms with Gasteiger partial charge in [-0.1, -0.05) is 12.1 Å². The third-order valence-electron chi connectivity index (χ3n) is 7.43. The fraction of sp³-hybridized carbons (Fsp3) is 0.379. The Morgan fingerprint density at radius 2 is 1.92 bits per heavy atom. The second kappa shape index (κ2) is 9.28. The van der Waals surface area contributed by atoms with Gasteiger partial charge in [0.1, 0.15) is 11.6 Å². The first kappa shape index (κ1) is 23.1. The monoisotopic (exact) mass is 489 g/mol. The third-order valence-corrected chi connectivity index (χ3v) is 7.43. The molecule has 5 nitrogen and oxygen atoms in total. The first-order valence-electron chi connectivity index (χ1n) is 12.7. The van der Waals surface area contributed by atoms with Gasteiger partial charge in [-0.05, 0) is 87.0 Å². The molecule has 0 N–H and O–H groups in total. The van der Waals surface area contributed by atoms with Crippen LogP contribution in [0.5, 0.6) is 11.5 Å². The van der Waals surface area contributed by atoms with Crippen LogP contribution in [0.15, 0.2) is 54.6 Å². The number of fused-ring (bicyclic) bond motifs is 1. The van der Waals surface area contributed by atoms with E-state index in [1.54, 1.807) is 12.1 Å². The van der Waals surface area contributed by atoms with E-state index < -0.39 is 11.6 Å². The zero-order valence-corrected chi connectivity index (χ0v) is 20.3. The molecular formula is C29H29F2N3O2. The Balaban J connectivity index is 1.25. The predicted molar refractivity (Wildman–Crippen MR) is 132 cm³/mol. The molecule has 1 aliphatic heterocycles. The SMILES string of the molecule is CN(Cc1cccc([C@@H](C2CC2)N2CCc3ccc(Oc4ccc(F)cc4F)cc3C2=O)n1)C1CC1. The number of hydrogen-bond donors (Lipinski definition) is 0. The number of ether oxygens (including phenoxy) is 1. The summed E-state index contributed by atoms with van der Waals surface area (Å²) in [7, 11) is 2.15. The van der Waals surface area contributed by atoms with Crippen LogP contribution in [-0.4, -0.2) is 40.3 Å². The molecule has 0 unspecified atom stereocenters. The first-order valence-corrected chi connectivity index (χ1v) is 12.7. The van der Waals surface area contributed by atoms with Crippen molar-refractivity contribution in [1.29, 1.82) is 0 Å². The zero-order chi connectivity index (χ0) is 24.8.